The number of urea groups is 1. The van der Waals surface area contributed by atoms with Crippen LogP contribution in [0.1, 0.15) is 15.9 Å². The van der Waals surface area contributed by atoms with Crippen LogP contribution >= 0.6 is 0 Å². The molecule has 34 heavy (non-hydrogen) atoms. The minimum absolute atomic E-state index is 0.183. The van der Waals surface area contributed by atoms with Crippen molar-refractivity contribution in [2.45, 2.75) is 6.42 Å². The zero-order valence-corrected chi connectivity index (χ0v) is 19.3. The molecule has 0 aliphatic carbocycles. The molecule has 3 amide bonds. The van der Waals surface area contributed by atoms with Crippen LogP contribution in [-0.2, 0) is 6.42 Å². The van der Waals surface area contributed by atoms with Crippen LogP contribution in [0.15, 0.2) is 91.0 Å². The van der Waals surface area contributed by atoms with E-state index in [1.54, 1.807) is 12.1 Å². The summed E-state index contributed by atoms with van der Waals surface area (Å²) in [5, 5.41) is 10.8. The molecule has 0 fully saturated rings. The van der Waals surface area contributed by atoms with Crippen molar-refractivity contribution in [2.24, 2.45) is 0 Å². The summed E-state index contributed by atoms with van der Waals surface area (Å²) in [5.41, 5.74) is 3.70. The Labute approximate surface area is 199 Å². The van der Waals surface area contributed by atoms with Crippen molar-refractivity contribution in [3.8, 4) is 0 Å². The minimum atomic E-state index is -0.371. The molecule has 0 heterocycles. The number of nitrogens with one attached hydrogen (secondary N) is 3. The molecule has 0 spiro atoms. The second-order valence-electron chi connectivity index (χ2n) is 8.22. The number of carbonyl (C=O) groups excluding carboxylic acids is 2. The predicted molar refractivity (Wildman–Crippen MR) is 140 cm³/mol. The Morgan fingerprint density at radius 2 is 1.53 bits per heavy atom. The molecule has 0 saturated heterocycles. The van der Waals surface area contributed by atoms with Crippen molar-refractivity contribution in [3.63, 3.8) is 0 Å². The standard InChI is InChI=1S/C28H28N4O2/c1-32(2)26-16-15-22(19-24(26)27(33)29-18-17-20-9-4-3-5-10-20)30-28(34)31-25-14-8-12-21-11-6-7-13-23(21)25/h3-16,19H,17-18H2,1-2H3,(H,29,33)(H2,30,31,34). The van der Waals surface area contributed by atoms with Gasteiger partial charge in [-0.05, 0) is 41.6 Å². The number of hydrogen-bond donors (Lipinski definition) is 3. The highest BCUT2D eigenvalue weighted by Crippen LogP contribution is 2.25. The Bertz CT molecular complexity index is 1300. The average molecular weight is 453 g/mol. The van der Waals surface area contributed by atoms with Crippen molar-refractivity contribution in [2.75, 3.05) is 36.2 Å². The molecule has 0 radical (unpaired) electrons. The van der Waals surface area contributed by atoms with Gasteiger partial charge in [-0.25, -0.2) is 4.79 Å². The number of benzene rings is 4. The summed E-state index contributed by atoms with van der Waals surface area (Å²) in [7, 11) is 3.77. The van der Waals surface area contributed by atoms with Gasteiger partial charge in [-0.3, -0.25) is 4.79 Å². The molecule has 6 heteroatoms. The Kier molecular flexibility index (Phi) is 7.08. The van der Waals surface area contributed by atoms with Gasteiger partial charge in [0.05, 0.1) is 11.3 Å². The normalized spacial score (nSPS) is 10.5. The largest absolute Gasteiger partial charge is 0.377 e. The topological polar surface area (TPSA) is 73.5 Å². The first kappa shape index (κ1) is 22.9. The van der Waals surface area contributed by atoms with Crippen molar-refractivity contribution < 1.29 is 9.59 Å². The van der Waals surface area contributed by atoms with Crippen LogP contribution in [0.3, 0.4) is 0 Å². The number of hydrogen-bond acceptors (Lipinski definition) is 3. The molecule has 0 aliphatic rings. The van der Waals surface area contributed by atoms with Gasteiger partial charge in [0.2, 0.25) is 0 Å². The van der Waals surface area contributed by atoms with Gasteiger partial charge in [0.25, 0.3) is 5.91 Å². The zero-order chi connectivity index (χ0) is 23.9. The Morgan fingerprint density at radius 3 is 2.32 bits per heavy atom. The molecule has 3 N–H and O–H groups in total. The third kappa shape index (κ3) is 5.53. The lowest BCUT2D eigenvalue weighted by Gasteiger charge is -2.19. The van der Waals surface area contributed by atoms with E-state index in [0.717, 1.165) is 34.1 Å². The maximum absolute atomic E-state index is 13.0. The van der Waals surface area contributed by atoms with E-state index < -0.39 is 0 Å². The molecule has 0 saturated carbocycles. The van der Waals surface area contributed by atoms with Gasteiger partial charge in [-0.2, -0.15) is 0 Å². The maximum atomic E-state index is 13.0. The van der Waals surface area contributed by atoms with E-state index in [9.17, 15) is 9.59 Å². The summed E-state index contributed by atoms with van der Waals surface area (Å²) in [5.74, 6) is -0.183. The fourth-order valence-corrected chi connectivity index (χ4v) is 3.86. The maximum Gasteiger partial charge on any atom is 0.323 e. The Balaban J connectivity index is 1.46. The van der Waals surface area contributed by atoms with E-state index in [0.29, 0.717) is 17.8 Å². The number of nitrogens with zero attached hydrogens (tertiary/aromatic N) is 1. The molecule has 172 valence electrons. The number of anilines is 3. The summed E-state index contributed by atoms with van der Waals surface area (Å²) in [4.78, 5) is 27.6. The third-order valence-corrected chi connectivity index (χ3v) is 5.56. The first-order valence-corrected chi connectivity index (χ1v) is 11.2. The van der Waals surface area contributed by atoms with Gasteiger partial charge in [0.1, 0.15) is 0 Å². The molecule has 4 aromatic carbocycles. The number of fused-ring (bicyclic) bond motifs is 1. The van der Waals surface area contributed by atoms with E-state index in [2.05, 4.69) is 16.0 Å². The molecular formula is C28H28N4O2. The summed E-state index contributed by atoms with van der Waals surface area (Å²) in [6.07, 6.45) is 0.745. The quantitative estimate of drug-likeness (QED) is 0.346. The van der Waals surface area contributed by atoms with E-state index in [1.807, 2.05) is 97.9 Å². The molecule has 0 unspecified atom stereocenters. The highest BCUT2D eigenvalue weighted by Gasteiger charge is 2.15. The third-order valence-electron chi connectivity index (χ3n) is 5.56. The van der Waals surface area contributed by atoms with Crippen molar-refractivity contribution in [3.05, 3.63) is 102 Å². The molecule has 4 rings (SSSR count). The van der Waals surface area contributed by atoms with E-state index >= 15 is 0 Å². The molecule has 0 aliphatic heterocycles. The minimum Gasteiger partial charge on any atom is -0.377 e. The van der Waals surface area contributed by atoms with E-state index in [4.69, 9.17) is 0 Å². The van der Waals surface area contributed by atoms with Gasteiger partial charge in [-0.15, -0.1) is 0 Å². The second kappa shape index (κ2) is 10.5. The highest BCUT2D eigenvalue weighted by molar-refractivity contribution is 6.07. The van der Waals surface area contributed by atoms with Gasteiger partial charge >= 0.3 is 6.03 Å². The van der Waals surface area contributed by atoms with Crippen LogP contribution in [0.5, 0.6) is 0 Å². The summed E-state index contributed by atoms with van der Waals surface area (Å²) < 4.78 is 0. The molecule has 0 aromatic heterocycles. The Hall–Kier alpha value is -4.32. The molecule has 0 bridgehead atoms. The molecule has 4 aromatic rings. The fourth-order valence-electron chi connectivity index (χ4n) is 3.86. The van der Waals surface area contributed by atoms with E-state index in [-0.39, 0.29) is 11.9 Å². The molecule has 6 nitrogen and oxygen atoms in total. The lowest BCUT2D eigenvalue weighted by molar-refractivity contribution is 0.0954. The first-order chi connectivity index (χ1) is 16.5. The summed E-state index contributed by atoms with van der Waals surface area (Å²) in [6.45, 7) is 0.523. The van der Waals surface area contributed by atoms with Gasteiger partial charge < -0.3 is 20.9 Å². The van der Waals surface area contributed by atoms with Crippen LogP contribution in [0.4, 0.5) is 21.9 Å². The molecule has 0 atom stereocenters. The van der Waals surface area contributed by atoms with E-state index in [1.165, 1.54) is 0 Å². The van der Waals surface area contributed by atoms with Gasteiger partial charge in [-0.1, -0.05) is 66.7 Å². The first-order valence-electron chi connectivity index (χ1n) is 11.2. The van der Waals surface area contributed by atoms with Crippen molar-refractivity contribution in [1.82, 2.24) is 5.32 Å². The zero-order valence-electron chi connectivity index (χ0n) is 19.3. The monoisotopic (exact) mass is 452 g/mol. The Morgan fingerprint density at radius 1 is 0.794 bits per heavy atom. The number of rotatable bonds is 7. The average Bonchev–Trinajstić information content (AvgIpc) is 2.84. The summed E-state index contributed by atoms with van der Waals surface area (Å²) in [6, 6.07) is 28.6. The fraction of sp³-hybridized carbons (Fsp3) is 0.143. The SMILES string of the molecule is CN(C)c1ccc(NC(=O)Nc2cccc3ccccc23)cc1C(=O)NCCc1ccccc1. The predicted octanol–water partition coefficient (Wildman–Crippen LogP) is 5.52. The smallest absolute Gasteiger partial charge is 0.323 e. The van der Waals surface area contributed by atoms with Crippen LogP contribution in [0, 0.1) is 0 Å². The van der Waals surface area contributed by atoms with Gasteiger partial charge in [0, 0.05) is 37.4 Å². The van der Waals surface area contributed by atoms with Crippen molar-refractivity contribution in [1.29, 1.82) is 0 Å². The van der Waals surface area contributed by atoms with Crippen molar-refractivity contribution >= 4 is 39.8 Å². The lowest BCUT2D eigenvalue weighted by atomic mass is 10.1. The second-order valence-corrected chi connectivity index (χ2v) is 8.22. The van der Waals surface area contributed by atoms with Crippen LogP contribution < -0.4 is 20.9 Å². The van der Waals surface area contributed by atoms with Crippen LogP contribution in [0.25, 0.3) is 10.8 Å². The van der Waals surface area contributed by atoms with Crippen LogP contribution in [-0.4, -0.2) is 32.6 Å². The number of amides is 3. The highest BCUT2D eigenvalue weighted by atomic mass is 16.2. The number of carbonyl (C=O) groups is 2. The van der Waals surface area contributed by atoms with Gasteiger partial charge in [0.15, 0.2) is 0 Å². The lowest BCUT2D eigenvalue weighted by Crippen LogP contribution is -2.28. The summed E-state index contributed by atoms with van der Waals surface area (Å²) >= 11 is 0. The van der Waals surface area contributed by atoms with Crippen LogP contribution in [0.2, 0.25) is 0 Å². The molecular weight excluding hydrogens is 424 g/mol.